The van der Waals surface area contributed by atoms with Crippen molar-refractivity contribution < 1.29 is 19.7 Å². The Kier molecular flexibility index (Phi) is 4.95. The predicted octanol–water partition coefficient (Wildman–Crippen LogP) is 4.56. The molecule has 0 saturated heterocycles. The molecular weight excluding hydrogens is 455 g/mol. The molecule has 0 spiro atoms. The third-order valence-corrected chi connectivity index (χ3v) is 5.45. The van der Waals surface area contributed by atoms with Gasteiger partial charge < -0.3 is 15.3 Å². The number of halogens is 2. The largest absolute Gasteiger partial charge is 0.504 e. The molecule has 0 aliphatic heterocycles. The Morgan fingerprint density at radius 3 is 2.40 bits per heavy atom. The lowest BCUT2D eigenvalue weighted by Gasteiger charge is -2.20. The SMILES string of the molecule is CC(c1ccccc1)c1nc2cc(O)c(O)c(O)c2c(=O)n1-c1ccc(Br)cc1F. The molecule has 8 heteroatoms. The van der Waals surface area contributed by atoms with Crippen LogP contribution in [0.15, 0.2) is 63.9 Å². The van der Waals surface area contributed by atoms with Crippen molar-refractivity contribution in [2.75, 3.05) is 0 Å². The molecule has 30 heavy (non-hydrogen) atoms. The third kappa shape index (κ3) is 3.19. The van der Waals surface area contributed by atoms with Crippen molar-refractivity contribution >= 4 is 26.8 Å². The first kappa shape index (κ1) is 19.9. The van der Waals surface area contributed by atoms with Gasteiger partial charge in [0.05, 0.1) is 11.2 Å². The lowest BCUT2D eigenvalue weighted by atomic mass is 9.99. The Balaban J connectivity index is 2.13. The summed E-state index contributed by atoms with van der Waals surface area (Å²) in [6.45, 7) is 1.82. The number of aromatic hydroxyl groups is 3. The summed E-state index contributed by atoms with van der Waals surface area (Å²) in [6.07, 6.45) is 0. The maximum atomic E-state index is 14.8. The van der Waals surface area contributed by atoms with Gasteiger partial charge >= 0.3 is 0 Å². The first-order valence-corrected chi connectivity index (χ1v) is 9.79. The molecule has 3 aromatic carbocycles. The topological polar surface area (TPSA) is 95.6 Å². The van der Waals surface area contributed by atoms with Crippen molar-refractivity contribution in [1.82, 2.24) is 9.55 Å². The molecule has 0 saturated carbocycles. The zero-order valence-corrected chi connectivity index (χ0v) is 17.3. The number of benzene rings is 3. The normalized spacial score (nSPS) is 12.2. The van der Waals surface area contributed by atoms with Crippen LogP contribution >= 0.6 is 15.9 Å². The van der Waals surface area contributed by atoms with E-state index in [1.165, 1.54) is 12.1 Å². The van der Waals surface area contributed by atoms with Gasteiger partial charge in [0, 0.05) is 16.5 Å². The van der Waals surface area contributed by atoms with Crippen molar-refractivity contribution in [2.24, 2.45) is 0 Å². The van der Waals surface area contributed by atoms with Gasteiger partial charge in [-0.3, -0.25) is 9.36 Å². The van der Waals surface area contributed by atoms with E-state index in [1.807, 2.05) is 37.3 Å². The maximum absolute atomic E-state index is 14.8. The standard InChI is InChI=1S/C22H16BrFN2O4/c1-11(12-5-3-2-4-6-12)21-25-15-10-17(27)19(28)20(29)18(15)22(30)26(21)16-8-7-13(23)9-14(16)24/h2-11,27-29H,1H3. The van der Waals surface area contributed by atoms with E-state index in [2.05, 4.69) is 20.9 Å². The molecule has 0 aliphatic carbocycles. The Hall–Kier alpha value is -3.39. The Labute approximate surface area is 178 Å². The van der Waals surface area contributed by atoms with Gasteiger partial charge in [0.25, 0.3) is 5.56 Å². The Morgan fingerprint density at radius 1 is 1.03 bits per heavy atom. The van der Waals surface area contributed by atoms with Crippen LogP contribution in [0.4, 0.5) is 4.39 Å². The summed E-state index contributed by atoms with van der Waals surface area (Å²) in [5.41, 5.74) is -0.00394. The summed E-state index contributed by atoms with van der Waals surface area (Å²) in [6, 6.07) is 14.6. The average Bonchev–Trinajstić information content (AvgIpc) is 2.72. The molecule has 1 heterocycles. The number of rotatable bonds is 3. The molecule has 1 unspecified atom stereocenters. The van der Waals surface area contributed by atoms with Crippen LogP contribution in [0.3, 0.4) is 0 Å². The van der Waals surface area contributed by atoms with E-state index in [4.69, 9.17) is 0 Å². The average molecular weight is 471 g/mol. The van der Waals surface area contributed by atoms with Crippen molar-refractivity contribution in [3.63, 3.8) is 0 Å². The molecule has 4 aromatic rings. The molecule has 1 aromatic heterocycles. The molecular formula is C22H16BrFN2O4. The highest BCUT2D eigenvalue weighted by Gasteiger charge is 2.24. The van der Waals surface area contributed by atoms with E-state index < -0.39 is 34.5 Å². The van der Waals surface area contributed by atoms with Gasteiger partial charge in [0.1, 0.15) is 17.0 Å². The monoisotopic (exact) mass is 470 g/mol. The molecule has 0 amide bonds. The summed E-state index contributed by atoms with van der Waals surface area (Å²) < 4.78 is 16.4. The lowest BCUT2D eigenvalue weighted by Crippen LogP contribution is -2.26. The number of nitrogens with zero attached hydrogens (tertiary/aromatic N) is 2. The molecule has 3 N–H and O–H groups in total. The van der Waals surface area contributed by atoms with E-state index in [1.54, 1.807) is 6.07 Å². The van der Waals surface area contributed by atoms with Gasteiger partial charge in [-0.05, 0) is 23.8 Å². The summed E-state index contributed by atoms with van der Waals surface area (Å²) in [5, 5.41) is 29.7. The molecule has 1 atom stereocenters. The van der Waals surface area contributed by atoms with Crippen molar-refractivity contribution in [3.05, 3.63) is 86.6 Å². The van der Waals surface area contributed by atoms with E-state index in [0.29, 0.717) is 4.47 Å². The van der Waals surface area contributed by atoms with Crippen molar-refractivity contribution in [2.45, 2.75) is 12.8 Å². The zero-order valence-electron chi connectivity index (χ0n) is 15.7. The minimum Gasteiger partial charge on any atom is -0.504 e. The van der Waals surface area contributed by atoms with Gasteiger partial charge in [-0.15, -0.1) is 0 Å². The van der Waals surface area contributed by atoms with Gasteiger partial charge in [0.2, 0.25) is 5.75 Å². The van der Waals surface area contributed by atoms with Crippen LogP contribution < -0.4 is 5.56 Å². The Morgan fingerprint density at radius 2 is 1.73 bits per heavy atom. The fourth-order valence-electron chi connectivity index (χ4n) is 3.40. The van der Waals surface area contributed by atoms with Crippen LogP contribution in [0.2, 0.25) is 0 Å². The third-order valence-electron chi connectivity index (χ3n) is 4.95. The number of fused-ring (bicyclic) bond motifs is 1. The number of phenolic OH excluding ortho intramolecular Hbond substituents is 3. The molecule has 0 bridgehead atoms. The maximum Gasteiger partial charge on any atom is 0.270 e. The Bertz CT molecular complexity index is 1340. The van der Waals surface area contributed by atoms with Gasteiger partial charge in [-0.25, -0.2) is 9.37 Å². The second kappa shape index (κ2) is 7.46. The first-order chi connectivity index (χ1) is 14.3. The van der Waals surface area contributed by atoms with E-state index in [0.717, 1.165) is 16.2 Å². The number of aromatic nitrogens is 2. The van der Waals surface area contributed by atoms with Crippen LogP contribution in [0.5, 0.6) is 17.2 Å². The fraction of sp³-hybridized carbons (Fsp3) is 0.0909. The van der Waals surface area contributed by atoms with Crippen LogP contribution in [0, 0.1) is 5.82 Å². The molecule has 6 nitrogen and oxygen atoms in total. The molecule has 0 fully saturated rings. The van der Waals surface area contributed by atoms with Gasteiger partial charge in [-0.2, -0.15) is 0 Å². The van der Waals surface area contributed by atoms with E-state index in [9.17, 15) is 24.5 Å². The minimum absolute atomic E-state index is 0.0145. The van der Waals surface area contributed by atoms with E-state index >= 15 is 0 Å². The number of phenols is 3. The molecule has 152 valence electrons. The second-order valence-corrected chi connectivity index (χ2v) is 7.74. The predicted molar refractivity (Wildman–Crippen MR) is 114 cm³/mol. The highest BCUT2D eigenvalue weighted by atomic mass is 79.9. The summed E-state index contributed by atoms with van der Waals surface area (Å²) >= 11 is 3.20. The summed E-state index contributed by atoms with van der Waals surface area (Å²) in [4.78, 5) is 17.9. The van der Waals surface area contributed by atoms with Crippen LogP contribution in [-0.2, 0) is 0 Å². The fourth-order valence-corrected chi connectivity index (χ4v) is 3.73. The quantitative estimate of drug-likeness (QED) is 0.381. The first-order valence-electron chi connectivity index (χ1n) is 9.00. The number of hydrogen-bond donors (Lipinski definition) is 3. The highest BCUT2D eigenvalue weighted by molar-refractivity contribution is 9.10. The van der Waals surface area contributed by atoms with Crippen molar-refractivity contribution in [1.29, 1.82) is 0 Å². The van der Waals surface area contributed by atoms with E-state index in [-0.39, 0.29) is 22.4 Å². The van der Waals surface area contributed by atoms with Crippen LogP contribution in [-0.4, -0.2) is 24.9 Å². The van der Waals surface area contributed by atoms with Gasteiger partial charge in [-0.1, -0.05) is 53.2 Å². The second-order valence-electron chi connectivity index (χ2n) is 6.83. The number of hydrogen-bond acceptors (Lipinski definition) is 5. The molecule has 0 radical (unpaired) electrons. The molecule has 0 aliphatic rings. The lowest BCUT2D eigenvalue weighted by molar-refractivity contribution is 0.371. The van der Waals surface area contributed by atoms with Crippen LogP contribution in [0.25, 0.3) is 16.6 Å². The summed E-state index contributed by atoms with van der Waals surface area (Å²) in [5.74, 6) is -3.15. The minimum atomic E-state index is -0.840. The smallest absolute Gasteiger partial charge is 0.270 e. The van der Waals surface area contributed by atoms with Crippen molar-refractivity contribution in [3.8, 4) is 22.9 Å². The molecule has 4 rings (SSSR count). The highest BCUT2D eigenvalue weighted by Crippen LogP contribution is 2.40. The van der Waals surface area contributed by atoms with Gasteiger partial charge in [0.15, 0.2) is 11.5 Å². The van der Waals surface area contributed by atoms with Crippen LogP contribution in [0.1, 0.15) is 24.2 Å². The summed E-state index contributed by atoms with van der Waals surface area (Å²) in [7, 11) is 0. The zero-order chi connectivity index (χ0) is 21.6.